The molecule has 0 saturated carbocycles. The Hall–Kier alpha value is -4.24. The van der Waals surface area contributed by atoms with E-state index in [9.17, 15) is 23.9 Å². The van der Waals surface area contributed by atoms with Gasteiger partial charge in [-0.25, -0.2) is 4.39 Å². The van der Waals surface area contributed by atoms with Gasteiger partial charge in [-0.05, 0) is 52.3 Å². The van der Waals surface area contributed by atoms with E-state index >= 15 is 0 Å². The summed E-state index contributed by atoms with van der Waals surface area (Å²) in [4.78, 5) is 42.8. The average molecular weight is 577 g/mol. The van der Waals surface area contributed by atoms with E-state index in [1.165, 1.54) is 36.0 Å². The summed E-state index contributed by atoms with van der Waals surface area (Å²) in [6.45, 7) is 5.90. The quantitative estimate of drug-likeness (QED) is 0.323. The second-order valence-electron chi connectivity index (χ2n) is 11.8. The lowest BCUT2D eigenvalue weighted by Gasteiger charge is -2.35. The highest BCUT2D eigenvalue weighted by atomic mass is 19.1. The maximum atomic E-state index is 14.0. The van der Waals surface area contributed by atoms with Gasteiger partial charge in [0, 0.05) is 26.9 Å². The molecule has 0 aliphatic rings. The summed E-state index contributed by atoms with van der Waals surface area (Å²) in [6.07, 6.45) is 0.474. The second kappa shape index (κ2) is 13.6. The summed E-state index contributed by atoms with van der Waals surface area (Å²) in [5.41, 5.74) is 14.7. The van der Waals surface area contributed by atoms with Gasteiger partial charge in [-0.15, -0.1) is 0 Å². The summed E-state index contributed by atoms with van der Waals surface area (Å²) in [5.74, 6) is -1.88. The van der Waals surface area contributed by atoms with Crippen molar-refractivity contribution in [2.75, 3.05) is 14.1 Å². The van der Waals surface area contributed by atoms with E-state index < -0.39 is 41.7 Å². The molecule has 224 valence electrons. The lowest BCUT2D eigenvalue weighted by molar-refractivity contribution is -0.147. The zero-order valence-electron chi connectivity index (χ0n) is 24.9. The topological polar surface area (TPSA) is 130 Å². The lowest BCUT2D eigenvalue weighted by Crippen LogP contribution is -2.57. The third kappa shape index (κ3) is 8.16. The van der Waals surface area contributed by atoms with Crippen LogP contribution in [0.2, 0.25) is 0 Å². The molecule has 3 aromatic carbocycles. The van der Waals surface area contributed by atoms with Crippen LogP contribution < -0.4 is 11.5 Å². The minimum atomic E-state index is -1.01. The molecule has 0 saturated heterocycles. The predicted octanol–water partition coefficient (Wildman–Crippen LogP) is 3.32. The van der Waals surface area contributed by atoms with Gasteiger partial charge in [-0.2, -0.15) is 0 Å². The highest BCUT2D eigenvalue weighted by Gasteiger charge is 2.36. The standard InChI is InChI=1S/C33H41FN4O4/c1-33(2,3)25-17-23(13-16-29(25)39)20-27(30(36)40)37(4)32(42)28(19-21-9-7-6-8-10-21)38(5)31(41)26(35)18-22-11-14-24(34)15-12-22/h6-17,26-28,39H,18-20,35H2,1-5H3,(H2,36,40)/t26-,27-,28-/m0/s1. The van der Waals surface area contributed by atoms with Gasteiger partial charge >= 0.3 is 0 Å². The summed E-state index contributed by atoms with van der Waals surface area (Å²) in [6, 6.07) is 17.1. The van der Waals surface area contributed by atoms with Crippen molar-refractivity contribution in [2.45, 2.75) is 63.6 Å². The number of hydrogen-bond acceptors (Lipinski definition) is 5. The Morgan fingerprint density at radius 1 is 0.786 bits per heavy atom. The van der Waals surface area contributed by atoms with Crippen LogP contribution in [0, 0.1) is 5.82 Å². The van der Waals surface area contributed by atoms with Crippen molar-refractivity contribution < 1.29 is 23.9 Å². The number of carbonyl (C=O) groups excluding carboxylic acids is 3. The molecule has 0 unspecified atom stereocenters. The van der Waals surface area contributed by atoms with Crippen LogP contribution in [0.4, 0.5) is 4.39 Å². The minimum Gasteiger partial charge on any atom is -0.508 e. The Bertz CT molecular complexity index is 1390. The molecule has 42 heavy (non-hydrogen) atoms. The Balaban J connectivity index is 1.89. The Labute approximate surface area is 247 Å². The molecule has 5 N–H and O–H groups in total. The normalized spacial score (nSPS) is 13.6. The first-order valence-electron chi connectivity index (χ1n) is 13.9. The van der Waals surface area contributed by atoms with Crippen LogP contribution in [0.3, 0.4) is 0 Å². The number of phenolic OH excluding ortho intramolecular Hbond substituents is 1. The average Bonchev–Trinajstić information content (AvgIpc) is 2.94. The van der Waals surface area contributed by atoms with Crippen molar-refractivity contribution in [3.63, 3.8) is 0 Å². The van der Waals surface area contributed by atoms with E-state index in [0.717, 1.165) is 11.1 Å². The number of phenols is 1. The van der Waals surface area contributed by atoms with Crippen molar-refractivity contribution in [3.8, 4) is 5.75 Å². The molecule has 0 aliphatic heterocycles. The molecule has 0 heterocycles. The number of nitrogens with zero attached hydrogens (tertiary/aromatic N) is 2. The van der Waals surface area contributed by atoms with Crippen molar-refractivity contribution in [1.82, 2.24) is 9.80 Å². The van der Waals surface area contributed by atoms with Crippen molar-refractivity contribution >= 4 is 17.7 Å². The molecule has 8 nitrogen and oxygen atoms in total. The fourth-order valence-corrected chi connectivity index (χ4v) is 4.96. The van der Waals surface area contributed by atoms with Gasteiger partial charge in [0.15, 0.2) is 0 Å². The van der Waals surface area contributed by atoms with Crippen LogP contribution in [0.25, 0.3) is 0 Å². The monoisotopic (exact) mass is 576 g/mol. The van der Waals surface area contributed by atoms with E-state index in [4.69, 9.17) is 11.5 Å². The summed E-state index contributed by atoms with van der Waals surface area (Å²) in [7, 11) is 3.01. The van der Waals surface area contributed by atoms with Crippen LogP contribution in [0.5, 0.6) is 5.75 Å². The van der Waals surface area contributed by atoms with Crippen LogP contribution in [-0.4, -0.2) is 64.8 Å². The number of primary amides is 1. The number of carbonyl (C=O) groups is 3. The van der Waals surface area contributed by atoms with Gasteiger partial charge in [-0.1, -0.05) is 75.4 Å². The fourth-order valence-electron chi connectivity index (χ4n) is 4.96. The molecule has 3 rings (SSSR count). The molecule has 3 atom stereocenters. The zero-order chi connectivity index (χ0) is 31.2. The summed E-state index contributed by atoms with van der Waals surface area (Å²) in [5, 5.41) is 10.4. The van der Waals surface area contributed by atoms with Crippen molar-refractivity contribution in [2.24, 2.45) is 11.5 Å². The van der Waals surface area contributed by atoms with Gasteiger partial charge in [0.2, 0.25) is 17.7 Å². The zero-order valence-corrected chi connectivity index (χ0v) is 24.9. The highest BCUT2D eigenvalue weighted by molar-refractivity contribution is 5.93. The largest absolute Gasteiger partial charge is 0.508 e. The number of likely N-dealkylation sites (N-methyl/N-ethyl adjacent to an activating group) is 2. The number of nitrogens with two attached hydrogens (primary N) is 2. The molecular formula is C33H41FN4O4. The Morgan fingerprint density at radius 2 is 1.31 bits per heavy atom. The fraction of sp³-hybridized carbons (Fsp3) is 0.364. The Morgan fingerprint density at radius 3 is 1.88 bits per heavy atom. The summed E-state index contributed by atoms with van der Waals surface area (Å²) >= 11 is 0. The van der Waals surface area contributed by atoms with E-state index in [1.54, 1.807) is 24.3 Å². The number of rotatable bonds is 11. The first kappa shape index (κ1) is 32.3. The molecule has 3 aromatic rings. The molecule has 0 radical (unpaired) electrons. The van der Waals surface area contributed by atoms with Crippen LogP contribution >= 0.6 is 0 Å². The van der Waals surface area contributed by atoms with Gasteiger partial charge in [0.25, 0.3) is 0 Å². The van der Waals surface area contributed by atoms with Crippen LogP contribution in [-0.2, 0) is 39.1 Å². The molecule has 9 heteroatoms. The second-order valence-corrected chi connectivity index (χ2v) is 11.8. The van der Waals surface area contributed by atoms with Crippen LogP contribution in [0.15, 0.2) is 72.8 Å². The molecule has 0 fully saturated rings. The number of aromatic hydroxyl groups is 1. The summed E-state index contributed by atoms with van der Waals surface area (Å²) < 4.78 is 13.3. The van der Waals surface area contributed by atoms with E-state index in [0.29, 0.717) is 11.1 Å². The molecule has 0 aliphatic carbocycles. The number of amides is 3. The minimum absolute atomic E-state index is 0.126. The van der Waals surface area contributed by atoms with E-state index in [-0.39, 0.29) is 30.4 Å². The number of benzene rings is 3. The van der Waals surface area contributed by atoms with Crippen LogP contribution in [0.1, 0.15) is 43.0 Å². The first-order chi connectivity index (χ1) is 19.7. The Kier molecular flexibility index (Phi) is 10.5. The molecular weight excluding hydrogens is 535 g/mol. The van der Waals surface area contributed by atoms with Crippen molar-refractivity contribution in [1.29, 1.82) is 0 Å². The number of hydrogen-bond donors (Lipinski definition) is 3. The smallest absolute Gasteiger partial charge is 0.246 e. The maximum Gasteiger partial charge on any atom is 0.246 e. The third-order valence-electron chi connectivity index (χ3n) is 7.50. The van der Waals surface area contributed by atoms with Gasteiger partial charge < -0.3 is 26.4 Å². The van der Waals surface area contributed by atoms with Gasteiger partial charge in [0.1, 0.15) is 23.7 Å². The van der Waals surface area contributed by atoms with E-state index in [1.807, 2.05) is 57.2 Å². The van der Waals surface area contributed by atoms with Crippen molar-refractivity contribution in [3.05, 3.63) is 101 Å². The molecule has 0 spiro atoms. The first-order valence-corrected chi connectivity index (χ1v) is 13.9. The molecule has 0 aromatic heterocycles. The highest BCUT2D eigenvalue weighted by Crippen LogP contribution is 2.31. The van der Waals surface area contributed by atoms with Gasteiger partial charge in [-0.3, -0.25) is 14.4 Å². The predicted molar refractivity (Wildman–Crippen MR) is 161 cm³/mol. The number of halogens is 1. The van der Waals surface area contributed by atoms with E-state index in [2.05, 4.69) is 0 Å². The lowest BCUT2D eigenvalue weighted by atomic mass is 9.84. The SMILES string of the molecule is CN(C(=O)[C@@H](N)Cc1ccc(F)cc1)[C@@H](Cc1ccccc1)C(=O)N(C)[C@@H](Cc1ccc(O)c(C(C)(C)C)c1)C(N)=O. The molecule has 3 amide bonds. The maximum absolute atomic E-state index is 14.0. The third-order valence-corrected chi connectivity index (χ3v) is 7.50. The van der Waals surface area contributed by atoms with Gasteiger partial charge in [0.05, 0.1) is 6.04 Å². The molecule has 0 bridgehead atoms.